The molecule has 0 aliphatic carbocycles. The van der Waals surface area contributed by atoms with Crippen molar-refractivity contribution in [2.24, 2.45) is 0 Å². The molecule has 0 unspecified atom stereocenters. The minimum atomic E-state index is -0.121. The van der Waals surface area contributed by atoms with Gasteiger partial charge in [0.05, 0.1) is 13.2 Å². The summed E-state index contributed by atoms with van der Waals surface area (Å²) in [5.41, 5.74) is 3.58. The van der Waals surface area contributed by atoms with E-state index < -0.39 is 0 Å². The van der Waals surface area contributed by atoms with Gasteiger partial charge in [-0.25, -0.2) is 4.98 Å². The summed E-state index contributed by atoms with van der Waals surface area (Å²) in [5, 5.41) is 3.01. The van der Waals surface area contributed by atoms with Gasteiger partial charge in [0.25, 0.3) is 5.91 Å². The maximum absolute atomic E-state index is 12.7. The third kappa shape index (κ3) is 4.10. The van der Waals surface area contributed by atoms with Gasteiger partial charge in [-0.1, -0.05) is 13.0 Å². The van der Waals surface area contributed by atoms with Crippen LogP contribution in [0.25, 0.3) is 0 Å². The fraction of sp³-hybridized carbons (Fsp3) is 0.409. The Morgan fingerprint density at radius 3 is 2.79 bits per heavy atom. The molecule has 2 aliphatic rings. The summed E-state index contributed by atoms with van der Waals surface area (Å²) in [6.45, 7) is 5.95. The van der Waals surface area contributed by atoms with E-state index >= 15 is 0 Å². The molecule has 1 aromatic carbocycles. The number of fused-ring (bicyclic) bond motifs is 1. The van der Waals surface area contributed by atoms with Crippen LogP contribution in [0, 0.1) is 0 Å². The Morgan fingerprint density at radius 1 is 1.17 bits per heavy atom. The van der Waals surface area contributed by atoms with Gasteiger partial charge < -0.3 is 19.9 Å². The van der Waals surface area contributed by atoms with Crippen molar-refractivity contribution in [3.05, 3.63) is 53.2 Å². The molecule has 2 amide bonds. The number of amides is 2. The molecule has 1 fully saturated rings. The van der Waals surface area contributed by atoms with Crippen LogP contribution in [0.2, 0.25) is 0 Å². The Bertz CT molecular complexity index is 909. The molecule has 0 saturated carbocycles. The van der Waals surface area contributed by atoms with E-state index in [9.17, 15) is 9.59 Å². The van der Waals surface area contributed by atoms with Crippen molar-refractivity contribution in [1.82, 2.24) is 10.3 Å². The first-order chi connectivity index (χ1) is 14.2. The molecular formula is C22H26N4O3. The van der Waals surface area contributed by atoms with Crippen LogP contribution < -0.4 is 15.1 Å². The van der Waals surface area contributed by atoms with E-state index in [4.69, 9.17) is 4.74 Å². The summed E-state index contributed by atoms with van der Waals surface area (Å²) in [5.74, 6) is 0.900. The number of benzene rings is 1. The van der Waals surface area contributed by atoms with E-state index in [1.165, 1.54) is 0 Å². The van der Waals surface area contributed by atoms with Crippen LogP contribution in [0.1, 0.15) is 34.8 Å². The van der Waals surface area contributed by atoms with Gasteiger partial charge in [-0.05, 0) is 36.2 Å². The molecule has 2 aromatic rings. The molecule has 0 spiro atoms. The standard InChI is InChI=1S/C22H26N4O3/c1-2-20(27)26-9-7-16-14-17(5-6-19(16)26)22(28)24-15-18-4-3-8-23-21(18)25-10-12-29-13-11-25/h3-6,8,14H,2,7,9-13,15H2,1H3,(H,24,28). The lowest BCUT2D eigenvalue weighted by atomic mass is 10.1. The Labute approximate surface area is 170 Å². The number of ether oxygens (including phenoxy) is 1. The van der Waals surface area contributed by atoms with Gasteiger partial charge in [0.15, 0.2) is 0 Å². The lowest BCUT2D eigenvalue weighted by Gasteiger charge is -2.29. The van der Waals surface area contributed by atoms with Crippen molar-refractivity contribution in [2.75, 3.05) is 42.6 Å². The Balaban J connectivity index is 1.44. The predicted molar refractivity (Wildman–Crippen MR) is 111 cm³/mol. The number of carbonyl (C=O) groups excluding carboxylic acids is 2. The highest BCUT2D eigenvalue weighted by molar-refractivity contribution is 5.98. The Hall–Kier alpha value is -2.93. The number of hydrogen-bond donors (Lipinski definition) is 1. The maximum Gasteiger partial charge on any atom is 0.251 e. The minimum Gasteiger partial charge on any atom is -0.378 e. The normalized spacial score (nSPS) is 15.9. The predicted octanol–water partition coefficient (Wildman–Crippen LogP) is 2.15. The molecule has 29 heavy (non-hydrogen) atoms. The first kappa shape index (κ1) is 19.4. The number of aromatic nitrogens is 1. The summed E-state index contributed by atoms with van der Waals surface area (Å²) in [4.78, 5) is 33.3. The van der Waals surface area contributed by atoms with Crippen molar-refractivity contribution < 1.29 is 14.3 Å². The Kier molecular flexibility index (Phi) is 5.76. The Morgan fingerprint density at radius 2 is 2.00 bits per heavy atom. The van der Waals surface area contributed by atoms with Crippen molar-refractivity contribution >= 4 is 23.3 Å². The molecule has 0 radical (unpaired) electrons. The number of morpholine rings is 1. The third-order valence-electron chi connectivity index (χ3n) is 5.46. The van der Waals surface area contributed by atoms with Gasteiger partial charge >= 0.3 is 0 Å². The SMILES string of the molecule is CCC(=O)N1CCc2cc(C(=O)NCc3cccnc3N3CCOCC3)ccc21. The summed E-state index contributed by atoms with van der Waals surface area (Å²) < 4.78 is 5.42. The van der Waals surface area contributed by atoms with Crippen LogP contribution in [-0.2, 0) is 22.5 Å². The van der Waals surface area contributed by atoms with Crippen molar-refractivity contribution in [2.45, 2.75) is 26.3 Å². The number of anilines is 2. The van der Waals surface area contributed by atoms with E-state index in [-0.39, 0.29) is 11.8 Å². The number of nitrogens with one attached hydrogen (secondary N) is 1. The highest BCUT2D eigenvalue weighted by Crippen LogP contribution is 2.29. The smallest absolute Gasteiger partial charge is 0.251 e. The highest BCUT2D eigenvalue weighted by Gasteiger charge is 2.24. The van der Waals surface area contributed by atoms with Crippen molar-refractivity contribution in [3.63, 3.8) is 0 Å². The van der Waals surface area contributed by atoms with Gasteiger partial charge in [0, 0.05) is 55.6 Å². The van der Waals surface area contributed by atoms with E-state index in [1.807, 2.05) is 31.2 Å². The molecule has 0 bridgehead atoms. The number of pyridine rings is 1. The zero-order chi connectivity index (χ0) is 20.2. The zero-order valence-corrected chi connectivity index (χ0v) is 16.7. The molecule has 152 valence electrons. The molecule has 1 aromatic heterocycles. The molecule has 0 atom stereocenters. The average Bonchev–Trinajstić information content (AvgIpc) is 3.21. The summed E-state index contributed by atoms with van der Waals surface area (Å²) >= 11 is 0. The minimum absolute atomic E-state index is 0.119. The number of carbonyl (C=O) groups is 2. The second-order valence-corrected chi connectivity index (χ2v) is 7.26. The van der Waals surface area contributed by atoms with Gasteiger partial charge in [-0.3, -0.25) is 9.59 Å². The van der Waals surface area contributed by atoms with Crippen LogP contribution in [0.15, 0.2) is 36.5 Å². The van der Waals surface area contributed by atoms with E-state index in [2.05, 4.69) is 15.2 Å². The summed E-state index contributed by atoms with van der Waals surface area (Å²) in [7, 11) is 0. The van der Waals surface area contributed by atoms with Gasteiger partial charge in [0.2, 0.25) is 5.91 Å². The van der Waals surface area contributed by atoms with Crippen molar-refractivity contribution in [3.8, 4) is 0 Å². The molecule has 4 rings (SSSR count). The first-order valence-corrected chi connectivity index (χ1v) is 10.2. The van der Waals surface area contributed by atoms with Crippen LogP contribution in [0.3, 0.4) is 0 Å². The molecule has 1 saturated heterocycles. The fourth-order valence-corrected chi connectivity index (χ4v) is 3.90. The second-order valence-electron chi connectivity index (χ2n) is 7.26. The molecule has 1 N–H and O–H groups in total. The first-order valence-electron chi connectivity index (χ1n) is 10.2. The van der Waals surface area contributed by atoms with Crippen molar-refractivity contribution in [1.29, 1.82) is 0 Å². The molecule has 2 aliphatic heterocycles. The quantitative estimate of drug-likeness (QED) is 0.841. The van der Waals surface area contributed by atoms with Crippen LogP contribution >= 0.6 is 0 Å². The highest BCUT2D eigenvalue weighted by atomic mass is 16.5. The largest absolute Gasteiger partial charge is 0.378 e. The number of rotatable bonds is 5. The van der Waals surface area contributed by atoms with Crippen LogP contribution in [0.5, 0.6) is 0 Å². The third-order valence-corrected chi connectivity index (χ3v) is 5.46. The van der Waals surface area contributed by atoms with Gasteiger partial charge in [0.1, 0.15) is 5.82 Å². The van der Waals surface area contributed by atoms with Crippen LogP contribution in [-0.4, -0.2) is 49.6 Å². The lowest BCUT2D eigenvalue weighted by Crippen LogP contribution is -2.37. The summed E-state index contributed by atoms with van der Waals surface area (Å²) in [6, 6.07) is 9.46. The van der Waals surface area contributed by atoms with E-state index in [0.29, 0.717) is 38.3 Å². The fourth-order valence-electron chi connectivity index (χ4n) is 3.90. The topological polar surface area (TPSA) is 74.8 Å². The van der Waals surface area contributed by atoms with Gasteiger partial charge in [-0.2, -0.15) is 0 Å². The van der Waals surface area contributed by atoms with Gasteiger partial charge in [-0.15, -0.1) is 0 Å². The monoisotopic (exact) mass is 394 g/mol. The zero-order valence-electron chi connectivity index (χ0n) is 16.7. The summed E-state index contributed by atoms with van der Waals surface area (Å²) in [6.07, 6.45) is 3.05. The second kappa shape index (κ2) is 8.61. The molecule has 7 nitrogen and oxygen atoms in total. The number of nitrogens with zero attached hydrogens (tertiary/aromatic N) is 3. The van der Waals surface area contributed by atoms with E-state index in [1.54, 1.807) is 17.2 Å². The maximum atomic E-state index is 12.7. The van der Waals surface area contributed by atoms with Crippen LogP contribution in [0.4, 0.5) is 11.5 Å². The average molecular weight is 394 g/mol. The molecule has 7 heteroatoms. The molecule has 3 heterocycles. The number of hydrogen-bond acceptors (Lipinski definition) is 5. The van der Waals surface area contributed by atoms with E-state index in [0.717, 1.165) is 42.1 Å². The molecular weight excluding hydrogens is 368 g/mol. The lowest BCUT2D eigenvalue weighted by molar-refractivity contribution is -0.118.